The number of rotatable bonds is 11. The monoisotopic (exact) mass is 703 g/mol. The maximum absolute atomic E-state index is 14.9. The molecule has 3 fully saturated rings. The van der Waals surface area contributed by atoms with E-state index in [-0.39, 0.29) is 19.0 Å². The number of imide groups is 1. The molecule has 266 valence electrons. The van der Waals surface area contributed by atoms with Gasteiger partial charge >= 0.3 is 6.03 Å². The molecule has 50 heavy (non-hydrogen) atoms. The molecule has 2 aliphatic carbocycles. The Morgan fingerprint density at radius 2 is 1.84 bits per heavy atom. The standard InChI is InChI=1S/C37H45N5O7S/c1-7-25-21-37(25,34(44)40-50(46,47)29-14-15-29)42(33(43)31(36(3,4)5)39-26-11-9-8-10-12-26)35(45)41-22-28(19-23(41)2)49-32-30-16-13-27(48-6)20-24(30)17-18-38-32/h7-13,16-18,20,23,25,28-29,31,39H,1,14-15,19,21-22H2,2-6H3,(H,40,44)/t23?,25-,28-,31+,37-/m1/s1. The summed E-state index contributed by atoms with van der Waals surface area (Å²) in [5, 5.41) is 4.27. The van der Waals surface area contributed by atoms with Crippen LogP contribution in [0.3, 0.4) is 0 Å². The molecule has 0 spiro atoms. The van der Waals surface area contributed by atoms with Crippen LogP contribution < -0.4 is 19.5 Å². The van der Waals surface area contributed by atoms with Crippen LogP contribution in [0.15, 0.2) is 73.4 Å². The number of carbonyl (C=O) groups excluding carboxylic acids is 3. The van der Waals surface area contributed by atoms with Crippen molar-refractivity contribution in [2.75, 3.05) is 19.0 Å². The van der Waals surface area contributed by atoms with Gasteiger partial charge in [-0.25, -0.2) is 23.1 Å². The van der Waals surface area contributed by atoms with Gasteiger partial charge in [0.1, 0.15) is 23.4 Å². The molecule has 1 saturated heterocycles. The number of aromatic nitrogens is 1. The zero-order valence-electron chi connectivity index (χ0n) is 29.1. The summed E-state index contributed by atoms with van der Waals surface area (Å²) in [7, 11) is -2.39. The van der Waals surface area contributed by atoms with Crippen molar-refractivity contribution in [3.05, 3.63) is 73.4 Å². The molecule has 12 nitrogen and oxygen atoms in total. The molecule has 3 aliphatic rings. The summed E-state index contributed by atoms with van der Waals surface area (Å²) in [6.07, 6.45) is 4.06. The van der Waals surface area contributed by atoms with Gasteiger partial charge < -0.3 is 19.7 Å². The minimum Gasteiger partial charge on any atom is -0.497 e. The van der Waals surface area contributed by atoms with E-state index in [0.29, 0.717) is 36.6 Å². The third-order valence-corrected chi connectivity index (χ3v) is 11.7. The number of likely N-dealkylation sites (tertiary alicyclic amines) is 1. The van der Waals surface area contributed by atoms with Gasteiger partial charge in [0, 0.05) is 35.7 Å². The van der Waals surface area contributed by atoms with Crippen molar-refractivity contribution >= 4 is 44.3 Å². The van der Waals surface area contributed by atoms with E-state index in [9.17, 15) is 22.8 Å². The number of carbonyl (C=O) groups is 3. The largest absolute Gasteiger partial charge is 0.497 e. The number of pyridine rings is 1. The summed E-state index contributed by atoms with van der Waals surface area (Å²) >= 11 is 0. The third-order valence-electron chi connectivity index (χ3n) is 9.86. The van der Waals surface area contributed by atoms with Gasteiger partial charge in [-0.15, -0.1) is 6.58 Å². The lowest BCUT2D eigenvalue weighted by Gasteiger charge is -2.40. The summed E-state index contributed by atoms with van der Waals surface area (Å²) in [6, 6.07) is 14.5. The number of nitrogens with zero attached hydrogens (tertiary/aromatic N) is 3. The quantitative estimate of drug-likeness (QED) is 0.260. The minimum atomic E-state index is -3.99. The number of fused-ring (bicyclic) bond motifs is 1. The molecule has 13 heteroatoms. The number of hydrogen-bond acceptors (Lipinski definition) is 9. The van der Waals surface area contributed by atoms with Crippen molar-refractivity contribution in [1.29, 1.82) is 0 Å². The second-order valence-corrected chi connectivity index (χ2v) is 16.6. The van der Waals surface area contributed by atoms with Gasteiger partial charge in [0.15, 0.2) is 0 Å². The molecule has 2 heterocycles. The van der Waals surface area contributed by atoms with Gasteiger partial charge in [0.05, 0.1) is 18.9 Å². The van der Waals surface area contributed by atoms with Gasteiger partial charge in [-0.3, -0.25) is 14.3 Å². The second-order valence-electron chi connectivity index (χ2n) is 14.6. The van der Waals surface area contributed by atoms with Crippen LogP contribution in [0.4, 0.5) is 10.5 Å². The number of benzene rings is 2. The minimum absolute atomic E-state index is 0.0493. The highest BCUT2D eigenvalue weighted by molar-refractivity contribution is 7.91. The molecule has 1 aliphatic heterocycles. The topological polar surface area (TPSA) is 147 Å². The highest BCUT2D eigenvalue weighted by atomic mass is 32.2. The zero-order valence-corrected chi connectivity index (χ0v) is 29.9. The molecule has 6 rings (SSSR count). The van der Waals surface area contributed by atoms with Crippen LogP contribution in [0.5, 0.6) is 11.6 Å². The number of hydrogen-bond donors (Lipinski definition) is 2. The number of methoxy groups -OCH3 is 1. The first-order valence-electron chi connectivity index (χ1n) is 16.9. The van der Waals surface area contributed by atoms with Crippen molar-refractivity contribution in [1.82, 2.24) is 19.5 Å². The van der Waals surface area contributed by atoms with Crippen LogP contribution in [-0.4, -0.2) is 83.7 Å². The Kier molecular flexibility index (Phi) is 9.31. The van der Waals surface area contributed by atoms with E-state index < -0.39 is 62.1 Å². The lowest BCUT2D eigenvalue weighted by molar-refractivity contribution is -0.141. The number of amides is 4. The molecule has 5 atom stereocenters. The van der Waals surface area contributed by atoms with Crippen molar-refractivity contribution in [2.24, 2.45) is 11.3 Å². The summed E-state index contributed by atoms with van der Waals surface area (Å²) in [5.74, 6) is -1.10. The van der Waals surface area contributed by atoms with E-state index in [1.807, 2.05) is 82.3 Å². The number of para-hydroxylation sites is 1. The highest BCUT2D eigenvalue weighted by Crippen LogP contribution is 2.51. The third kappa shape index (κ3) is 6.75. The van der Waals surface area contributed by atoms with E-state index in [2.05, 4.69) is 21.6 Å². The van der Waals surface area contributed by atoms with Crippen LogP contribution in [0.25, 0.3) is 10.8 Å². The van der Waals surface area contributed by atoms with Gasteiger partial charge in [-0.1, -0.05) is 45.0 Å². The van der Waals surface area contributed by atoms with E-state index in [1.165, 1.54) is 11.0 Å². The van der Waals surface area contributed by atoms with Gasteiger partial charge in [0.2, 0.25) is 15.9 Å². The SMILES string of the molecule is C=C[C@@H]1C[C@@]1(C(=O)NS(=O)(=O)C1CC1)N(C(=O)[C@H](Nc1ccccc1)C(C)(C)C)C(=O)N1C[C@H](Oc2nccc3cc(OC)ccc23)CC1C. The number of anilines is 1. The predicted molar refractivity (Wildman–Crippen MR) is 190 cm³/mol. The molecule has 2 N–H and O–H groups in total. The fraction of sp³-hybridized carbons (Fsp3) is 0.459. The fourth-order valence-electron chi connectivity index (χ4n) is 6.76. The first-order valence-corrected chi connectivity index (χ1v) is 18.5. The van der Waals surface area contributed by atoms with Crippen LogP contribution in [0.2, 0.25) is 0 Å². The molecule has 4 amide bonds. The number of nitrogens with one attached hydrogen (secondary N) is 2. The van der Waals surface area contributed by atoms with Crippen LogP contribution in [0, 0.1) is 11.3 Å². The number of sulfonamides is 1. The Balaban J connectivity index is 1.35. The van der Waals surface area contributed by atoms with Crippen molar-refractivity contribution in [3.63, 3.8) is 0 Å². The number of ether oxygens (including phenoxy) is 2. The van der Waals surface area contributed by atoms with Crippen molar-refractivity contribution in [2.45, 2.75) is 82.4 Å². The van der Waals surface area contributed by atoms with Crippen LogP contribution in [0.1, 0.15) is 53.4 Å². The Morgan fingerprint density at radius 1 is 1.12 bits per heavy atom. The average Bonchev–Trinajstić information content (AvgIpc) is 4.01. The normalized spacial score (nSPS) is 23.9. The van der Waals surface area contributed by atoms with Gasteiger partial charge in [-0.05, 0) is 73.4 Å². The molecule has 1 aromatic heterocycles. The first kappa shape index (κ1) is 35.2. The smallest absolute Gasteiger partial charge is 0.328 e. The van der Waals surface area contributed by atoms with Gasteiger partial charge in [0.25, 0.3) is 11.8 Å². The maximum atomic E-state index is 14.9. The Bertz CT molecular complexity index is 1910. The zero-order chi connectivity index (χ0) is 36.0. The first-order chi connectivity index (χ1) is 23.7. The van der Waals surface area contributed by atoms with Crippen LogP contribution in [-0.2, 0) is 19.6 Å². The Morgan fingerprint density at radius 3 is 2.46 bits per heavy atom. The molecule has 0 radical (unpaired) electrons. The summed E-state index contributed by atoms with van der Waals surface area (Å²) in [5.41, 5.74) is -1.86. The molecule has 1 unspecified atom stereocenters. The van der Waals surface area contributed by atoms with Crippen molar-refractivity contribution in [3.8, 4) is 11.6 Å². The highest BCUT2D eigenvalue weighted by Gasteiger charge is 2.68. The summed E-state index contributed by atoms with van der Waals surface area (Å²) < 4.78 is 40.0. The molecule has 0 bridgehead atoms. The predicted octanol–water partition coefficient (Wildman–Crippen LogP) is 5.11. The molecule has 2 saturated carbocycles. The maximum Gasteiger partial charge on any atom is 0.328 e. The van der Waals surface area contributed by atoms with Crippen molar-refractivity contribution < 1.29 is 32.3 Å². The molecule has 2 aromatic carbocycles. The Labute approximate surface area is 293 Å². The second kappa shape index (κ2) is 13.2. The molecule has 3 aromatic rings. The van der Waals surface area contributed by atoms with Gasteiger partial charge in [-0.2, -0.15) is 0 Å². The summed E-state index contributed by atoms with van der Waals surface area (Å²) in [6.45, 7) is 11.4. The fourth-order valence-corrected chi connectivity index (χ4v) is 8.12. The van der Waals surface area contributed by atoms with E-state index in [1.54, 1.807) is 13.3 Å². The van der Waals surface area contributed by atoms with E-state index >= 15 is 0 Å². The Hall–Kier alpha value is -4.65. The lowest BCUT2D eigenvalue weighted by atomic mass is 9.85. The van der Waals surface area contributed by atoms with E-state index in [4.69, 9.17) is 9.47 Å². The van der Waals surface area contributed by atoms with Crippen LogP contribution >= 0.6 is 0 Å². The molecular weight excluding hydrogens is 659 g/mol. The van der Waals surface area contributed by atoms with E-state index in [0.717, 1.165) is 15.7 Å². The average molecular weight is 704 g/mol. The molecular formula is C37H45N5O7S. The lowest BCUT2D eigenvalue weighted by Crippen LogP contribution is -2.64. The number of urea groups is 1. The summed E-state index contributed by atoms with van der Waals surface area (Å²) in [4.78, 5) is 50.9.